The molecule has 2 aliphatic heterocycles. The quantitative estimate of drug-likeness (QED) is 0.859. The molecule has 1 amide bonds. The molecule has 4 rings (SSSR count). The molecule has 1 unspecified atom stereocenters. The fourth-order valence-corrected chi connectivity index (χ4v) is 3.65. The Hall–Kier alpha value is -2.67. The number of rotatable bonds is 5. The van der Waals surface area contributed by atoms with Crippen LogP contribution in [-0.2, 0) is 4.74 Å². The number of aromatic nitrogens is 1. The number of ether oxygens (including phenoxy) is 1. The van der Waals surface area contributed by atoms with Crippen molar-refractivity contribution < 1.29 is 13.9 Å². The van der Waals surface area contributed by atoms with Gasteiger partial charge in [-0.3, -0.25) is 4.79 Å². The summed E-state index contributed by atoms with van der Waals surface area (Å²) in [5, 5.41) is 3.27. The molecule has 3 heterocycles. The Bertz CT molecular complexity index is 783. The number of anilines is 2. The molecule has 148 valence electrons. The Balaban J connectivity index is 1.29. The van der Waals surface area contributed by atoms with Crippen LogP contribution in [0.15, 0.2) is 42.6 Å². The number of benzene rings is 1. The highest BCUT2D eigenvalue weighted by Crippen LogP contribution is 2.18. The third kappa shape index (κ3) is 4.42. The van der Waals surface area contributed by atoms with Gasteiger partial charge in [0.05, 0.1) is 11.7 Å². The van der Waals surface area contributed by atoms with Crippen molar-refractivity contribution in [3.63, 3.8) is 0 Å². The van der Waals surface area contributed by atoms with E-state index in [1.165, 1.54) is 12.1 Å². The summed E-state index contributed by atoms with van der Waals surface area (Å²) in [7, 11) is 0. The first kappa shape index (κ1) is 18.7. The van der Waals surface area contributed by atoms with Crippen LogP contribution in [0.1, 0.15) is 23.2 Å². The minimum atomic E-state index is -0.237. The van der Waals surface area contributed by atoms with E-state index in [1.54, 1.807) is 18.3 Å². The van der Waals surface area contributed by atoms with Crippen molar-refractivity contribution in [1.82, 2.24) is 9.88 Å². The van der Waals surface area contributed by atoms with Gasteiger partial charge in [0.2, 0.25) is 0 Å². The number of piperazine rings is 1. The van der Waals surface area contributed by atoms with Gasteiger partial charge in [-0.05, 0) is 49.2 Å². The summed E-state index contributed by atoms with van der Waals surface area (Å²) in [5.41, 5.74) is 1.58. The Kier molecular flexibility index (Phi) is 5.71. The molecule has 2 aromatic rings. The summed E-state index contributed by atoms with van der Waals surface area (Å²) in [4.78, 5) is 21.1. The second-order valence-corrected chi connectivity index (χ2v) is 7.20. The molecule has 1 N–H and O–H groups in total. The maximum absolute atomic E-state index is 13.1. The molecule has 2 aliphatic rings. The molecule has 2 fully saturated rings. The third-order valence-corrected chi connectivity index (χ3v) is 5.30. The number of nitrogens with zero attached hydrogens (tertiary/aromatic N) is 3. The van der Waals surface area contributed by atoms with Gasteiger partial charge in [-0.25, -0.2) is 9.37 Å². The van der Waals surface area contributed by atoms with Crippen LogP contribution in [0.2, 0.25) is 0 Å². The van der Waals surface area contributed by atoms with Crippen molar-refractivity contribution in [3.05, 3.63) is 54.0 Å². The monoisotopic (exact) mass is 384 g/mol. The molecule has 6 nitrogen and oxygen atoms in total. The Morgan fingerprint density at radius 3 is 2.57 bits per heavy atom. The van der Waals surface area contributed by atoms with Crippen molar-refractivity contribution in [2.24, 2.45) is 0 Å². The normalized spacial score (nSPS) is 19.7. The number of hydrogen-bond donors (Lipinski definition) is 1. The largest absolute Gasteiger partial charge is 0.376 e. The van der Waals surface area contributed by atoms with Crippen LogP contribution in [0.4, 0.5) is 15.9 Å². The minimum Gasteiger partial charge on any atom is -0.376 e. The number of nitrogens with one attached hydrogen (secondary N) is 1. The van der Waals surface area contributed by atoms with E-state index in [1.807, 2.05) is 17.0 Å². The minimum absolute atomic E-state index is 0.00284. The van der Waals surface area contributed by atoms with Crippen LogP contribution >= 0.6 is 0 Å². The zero-order valence-electron chi connectivity index (χ0n) is 15.8. The molecule has 1 aromatic heterocycles. The average molecular weight is 384 g/mol. The fraction of sp³-hybridized carbons (Fsp3) is 0.429. The van der Waals surface area contributed by atoms with Crippen molar-refractivity contribution in [2.75, 3.05) is 49.5 Å². The predicted molar refractivity (Wildman–Crippen MR) is 106 cm³/mol. The summed E-state index contributed by atoms with van der Waals surface area (Å²) < 4.78 is 18.7. The van der Waals surface area contributed by atoms with E-state index in [0.717, 1.165) is 50.6 Å². The summed E-state index contributed by atoms with van der Waals surface area (Å²) in [5.74, 6) is 0.517. The molecule has 1 aromatic carbocycles. The molecule has 7 heteroatoms. The van der Waals surface area contributed by atoms with E-state index < -0.39 is 0 Å². The van der Waals surface area contributed by atoms with Crippen LogP contribution in [0.5, 0.6) is 0 Å². The SMILES string of the molecule is O=C(c1ccc(NCC2CCCO2)nc1)N1CCN(c2ccc(F)cc2)CC1. The predicted octanol–water partition coefficient (Wildman–Crippen LogP) is 2.77. The first-order valence-corrected chi connectivity index (χ1v) is 9.80. The third-order valence-electron chi connectivity index (χ3n) is 5.30. The summed E-state index contributed by atoms with van der Waals surface area (Å²) in [6.45, 7) is 4.30. The standard InChI is InChI=1S/C21H25FN4O2/c22-17-4-6-18(7-5-17)25-9-11-26(12-10-25)21(27)16-3-8-20(23-14-16)24-15-19-2-1-13-28-19/h3-8,14,19H,1-2,9-13,15H2,(H,23,24). The Labute approximate surface area is 164 Å². The zero-order chi connectivity index (χ0) is 19.3. The smallest absolute Gasteiger partial charge is 0.255 e. The van der Waals surface area contributed by atoms with Gasteiger partial charge in [0.1, 0.15) is 11.6 Å². The van der Waals surface area contributed by atoms with Crippen molar-refractivity contribution >= 4 is 17.4 Å². The van der Waals surface area contributed by atoms with Gasteiger partial charge in [0.25, 0.3) is 5.91 Å². The number of halogens is 1. The van der Waals surface area contributed by atoms with E-state index in [4.69, 9.17) is 4.74 Å². The molecular weight excluding hydrogens is 359 g/mol. The number of carbonyl (C=O) groups excluding carboxylic acids is 1. The van der Waals surface area contributed by atoms with Crippen LogP contribution in [0.3, 0.4) is 0 Å². The highest BCUT2D eigenvalue weighted by molar-refractivity contribution is 5.94. The van der Waals surface area contributed by atoms with Crippen LogP contribution < -0.4 is 10.2 Å². The fourth-order valence-electron chi connectivity index (χ4n) is 3.65. The van der Waals surface area contributed by atoms with Crippen molar-refractivity contribution in [1.29, 1.82) is 0 Å². The number of carbonyl (C=O) groups is 1. The van der Waals surface area contributed by atoms with Crippen LogP contribution in [-0.4, -0.2) is 61.2 Å². The summed E-state index contributed by atoms with van der Waals surface area (Å²) in [6.07, 6.45) is 4.07. The molecule has 0 aliphatic carbocycles. The highest BCUT2D eigenvalue weighted by Gasteiger charge is 2.22. The first-order chi connectivity index (χ1) is 13.7. The van der Waals surface area contributed by atoms with E-state index in [0.29, 0.717) is 18.7 Å². The number of amides is 1. The molecule has 0 spiro atoms. The van der Waals surface area contributed by atoms with Gasteiger partial charge < -0.3 is 19.9 Å². The summed E-state index contributed by atoms with van der Waals surface area (Å²) >= 11 is 0. The van der Waals surface area contributed by atoms with E-state index in [2.05, 4.69) is 15.2 Å². The van der Waals surface area contributed by atoms with Gasteiger partial charge in [0, 0.05) is 51.2 Å². The van der Waals surface area contributed by atoms with Gasteiger partial charge in [0.15, 0.2) is 0 Å². The lowest BCUT2D eigenvalue weighted by Gasteiger charge is -2.36. The average Bonchev–Trinajstić information content (AvgIpc) is 3.27. The number of pyridine rings is 1. The molecule has 0 saturated carbocycles. The summed E-state index contributed by atoms with van der Waals surface area (Å²) in [6, 6.07) is 10.1. The molecule has 0 radical (unpaired) electrons. The van der Waals surface area contributed by atoms with E-state index >= 15 is 0 Å². The molecule has 1 atom stereocenters. The van der Waals surface area contributed by atoms with Gasteiger partial charge in [-0.1, -0.05) is 0 Å². The second-order valence-electron chi connectivity index (χ2n) is 7.20. The molecule has 0 bridgehead atoms. The maximum Gasteiger partial charge on any atom is 0.255 e. The number of hydrogen-bond acceptors (Lipinski definition) is 5. The highest BCUT2D eigenvalue weighted by atomic mass is 19.1. The first-order valence-electron chi connectivity index (χ1n) is 9.80. The van der Waals surface area contributed by atoms with Gasteiger partial charge >= 0.3 is 0 Å². The zero-order valence-corrected chi connectivity index (χ0v) is 15.8. The Morgan fingerprint density at radius 1 is 1.14 bits per heavy atom. The Morgan fingerprint density at radius 2 is 1.93 bits per heavy atom. The molecule has 28 heavy (non-hydrogen) atoms. The molecule has 2 saturated heterocycles. The topological polar surface area (TPSA) is 57.7 Å². The van der Waals surface area contributed by atoms with E-state index in [-0.39, 0.29) is 17.8 Å². The maximum atomic E-state index is 13.1. The lowest BCUT2D eigenvalue weighted by Crippen LogP contribution is -2.48. The van der Waals surface area contributed by atoms with Crippen LogP contribution in [0.25, 0.3) is 0 Å². The van der Waals surface area contributed by atoms with Crippen molar-refractivity contribution in [3.8, 4) is 0 Å². The van der Waals surface area contributed by atoms with Crippen LogP contribution in [0, 0.1) is 5.82 Å². The lowest BCUT2D eigenvalue weighted by atomic mass is 10.2. The van der Waals surface area contributed by atoms with E-state index in [9.17, 15) is 9.18 Å². The molecular formula is C21H25FN4O2. The second kappa shape index (κ2) is 8.56. The van der Waals surface area contributed by atoms with Gasteiger partial charge in [-0.15, -0.1) is 0 Å². The van der Waals surface area contributed by atoms with Gasteiger partial charge in [-0.2, -0.15) is 0 Å². The van der Waals surface area contributed by atoms with Crippen molar-refractivity contribution in [2.45, 2.75) is 18.9 Å². The lowest BCUT2D eigenvalue weighted by molar-refractivity contribution is 0.0746.